The van der Waals surface area contributed by atoms with E-state index >= 15 is 0 Å². The van der Waals surface area contributed by atoms with Gasteiger partial charge in [0.1, 0.15) is 0 Å². The maximum absolute atomic E-state index is 14.4. The lowest BCUT2D eigenvalue weighted by molar-refractivity contribution is -0.196. The fourth-order valence-corrected chi connectivity index (χ4v) is 8.83. The summed E-state index contributed by atoms with van der Waals surface area (Å²) in [4.78, 5) is 57.2. The van der Waals surface area contributed by atoms with Crippen molar-refractivity contribution in [3.63, 3.8) is 0 Å². The molecule has 388 valence electrons. The monoisotopic (exact) mass is 1050 g/mol. The van der Waals surface area contributed by atoms with E-state index in [1.807, 2.05) is 19.0 Å². The first-order valence-electron chi connectivity index (χ1n) is 22.1. The van der Waals surface area contributed by atoms with Gasteiger partial charge in [0.2, 0.25) is 5.91 Å². The molecule has 4 atom stereocenters. The van der Waals surface area contributed by atoms with E-state index in [-0.39, 0.29) is 78.3 Å². The van der Waals surface area contributed by atoms with Crippen LogP contribution in [-0.4, -0.2) is 114 Å². The van der Waals surface area contributed by atoms with Crippen LogP contribution in [0, 0.1) is 22.5 Å². The Bertz CT molecular complexity index is 2480. The van der Waals surface area contributed by atoms with Gasteiger partial charge in [-0.15, -0.1) is 0 Å². The second kappa shape index (κ2) is 24.3. The third-order valence-electron chi connectivity index (χ3n) is 13.1. The van der Waals surface area contributed by atoms with Crippen LogP contribution in [0.3, 0.4) is 0 Å². The standard InChI is InChI=1S/C24H27ClF4N4O2.C12H17ClFN3O.C12H12F3NO2/c1-33(2)16(11-15-3-4-17(22(30)35)21(26)20(15)25)13-32-19(34)12-18(14-5-9-31-10-6-14)23(7-8-23)24(27,28)29;1-17(2)8(6-15)5-7-3-4-9(12(16)18)11(14)10(7)13;13-12(14,15)11(3-4-11)9(7-10(17)18)8-1-5-16-6-2-8/h3-6,9-10,16,18H,7-8,11-13H2,1-2H3,(H2,30,35)(H,32,34);3-4,8H,5-6,15H2,1-2H3,(H2,16,18);1-2,5-6,9H,3-4,7H2,(H,17,18)/t16-,18?;8-;/m00./s1. The van der Waals surface area contributed by atoms with Crippen LogP contribution in [0.1, 0.15) is 93.3 Å². The average Bonchev–Trinajstić information content (AvgIpc) is 4.24. The fraction of sp³-hybridized carbons (Fsp3) is 0.458. The fourth-order valence-electron chi connectivity index (χ4n) is 8.34. The van der Waals surface area contributed by atoms with Crippen molar-refractivity contribution in [2.24, 2.45) is 28.0 Å². The number of primary amides is 2. The van der Waals surface area contributed by atoms with Gasteiger partial charge in [-0.1, -0.05) is 35.3 Å². The van der Waals surface area contributed by atoms with E-state index in [0.717, 1.165) is 0 Å². The number of nitrogens with two attached hydrogens (primary N) is 3. The Balaban J connectivity index is 0.000000255. The van der Waals surface area contributed by atoms with Crippen molar-refractivity contribution in [3.05, 3.63) is 128 Å². The molecule has 3 amide bonds. The van der Waals surface area contributed by atoms with Crippen LogP contribution < -0.4 is 22.5 Å². The minimum atomic E-state index is -4.43. The summed E-state index contributed by atoms with van der Waals surface area (Å²) in [6, 6.07) is 11.4. The number of likely N-dealkylation sites (N-methyl/N-ethyl adjacent to an activating group) is 2. The van der Waals surface area contributed by atoms with E-state index in [2.05, 4.69) is 15.3 Å². The van der Waals surface area contributed by atoms with Gasteiger partial charge in [-0.2, -0.15) is 26.3 Å². The summed E-state index contributed by atoms with van der Waals surface area (Å²) >= 11 is 12.0. The lowest BCUT2D eigenvalue weighted by atomic mass is 9.80. The summed E-state index contributed by atoms with van der Waals surface area (Å²) in [6.45, 7) is 0.534. The van der Waals surface area contributed by atoms with Crippen LogP contribution in [-0.2, 0) is 22.4 Å². The van der Waals surface area contributed by atoms with Gasteiger partial charge in [0.15, 0.2) is 11.6 Å². The SMILES string of the molecule is CN(C)[C@H](CN)Cc1ccc(C(N)=O)c(F)c1Cl.CN(C)[C@H](CNC(=O)CC(c1ccncc1)C1(C(F)(F)F)CC1)Cc1ccc(C(N)=O)c(F)c1Cl.O=C(O)CC(c1ccncc1)C1(C(F)(F)F)CC1. The molecular formula is C48H56Cl2F8N8O5. The van der Waals surface area contributed by atoms with Crippen molar-refractivity contribution < 1.29 is 59.4 Å². The number of amides is 3. The Morgan fingerprint density at radius 2 is 1.03 bits per heavy atom. The zero-order chi connectivity index (χ0) is 53.2. The first kappa shape index (κ1) is 58.1. The highest BCUT2D eigenvalue weighted by atomic mass is 35.5. The topological polar surface area (TPSA) is 211 Å². The summed E-state index contributed by atoms with van der Waals surface area (Å²) in [5, 5.41) is 11.2. The largest absolute Gasteiger partial charge is 0.481 e. The first-order valence-corrected chi connectivity index (χ1v) is 22.9. The van der Waals surface area contributed by atoms with Crippen LogP contribution in [0.5, 0.6) is 0 Å². The van der Waals surface area contributed by atoms with Gasteiger partial charge in [0, 0.05) is 68.2 Å². The highest BCUT2D eigenvalue weighted by Gasteiger charge is 2.68. The Morgan fingerprint density at radius 3 is 1.34 bits per heavy atom. The van der Waals surface area contributed by atoms with Crippen LogP contribution in [0.15, 0.2) is 73.3 Å². The van der Waals surface area contributed by atoms with Gasteiger partial charge in [-0.05, 0) is 125 Å². The Kier molecular flexibility index (Phi) is 19.9. The normalized spacial score (nSPS) is 16.3. The number of carbonyl (C=O) groups excluding carboxylic acids is 3. The summed E-state index contributed by atoms with van der Waals surface area (Å²) < 4.78 is 109. The number of pyridine rings is 2. The molecule has 2 aliphatic rings. The number of nitrogens with one attached hydrogen (secondary N) is 1. The molecule has 2 heterocycles. The van der Waals surface area contributed by atoms with Crippen molar-refractivity contribution >= 4 is 46.9 Å². The molecule has 23 heteroatoms. The number of carboxylic acids is 1. The zero-order valence-corrected chi connectivity index (χ0v) is 40.7. The number of aliphatic carboxylic acids is 1. The number of alkyl halides is 6. The van der Waals surface area contributed by atoms with Crippen molar-refractivity contribution in [1.29, 1.82) is 0 Å². The Labute approximate surface area is 415 Å². The quantitative estimate of drug-likeness (QED) is 0.0570. The number of nitrogens with zero attached hydrogens (tertiary/aromatic N) is 4. The molecule has 71 heavy (non-hydrogen) atoms. The predicted molar refractivity (Wildman–Crippen MR) is 251 cm³/mol. The number of benzene rings is 2. The molecule has 2 fully saturated rings. The van der Waals surface area contributed by atoms with Crippen LogP contribution in [0.2, 0.25) is 10.0 Å². The maximum atomic E-state index is 14.4. The van der Waals surface area contributed by atoms with Gasteiger partial charge >= 0.3 is 18.3 Å². The summed E-state index contributed by atoms with van der Waals surface area (Å²) in [5.74, 6) is -7.24. The molecule has 2 aliphatic carbocycles. The number of carbonyl (C=O) groups is 4. The molecule has 0 saturated heterocycles. The van der Waals surface area contributed by atoms with Gasteiger partial charge in [0.05, 0.1) is 38.4 Å². The minimum absolute atomic E-state index is 0.00320. The van der Waals surface area contributed by atoms with Crippen LogP contribution >= 0.6 is 23.2 Å². The lowest BCUT2D eigenvalue weighted by Gasteiger charge is -2.30. The second-order valence-corrected chi connectivity index (χ2v) is 18.7. The molecule has 4 aromatic rings. The van der Waals surface area contributed by atoms with Crippen molar-refractivity contribution in [3.8, 4) is 0 Å². The van der Waals surface area contributed by atoms with Gasteiger partial charge in [0.25, 0.3) is 11.8 Å². The van der Waals surface area contributed by atoms with Gasteiger partial charge in [-0.3, -0.25) is 29.1 Å². The molecule has 0 aliphatic heterocycles. The van der Waals surface area contributed by atoms with E-state index < -0.39 is 76.8 Å². The number of hydrogen-bond donors (Lipinski definition) is 5. The number of rotatable bonds is 19. The molecule has 13 nitrogen and oxygen atoms in total. The van der Waals surface area contributed by atoms with E-state index in [1.165, 1.54) is 67.3 Å². The molecular weight excluding hydrogens is 991 g/mol. The van der Waals surface area contributed by atoms with Crippen LogP contribution in [0.25, 0.3) is 0 Å². The van der Waals surface area contributed by atoms with E-state index in [4.69, 9.17) is 45.5 Å². The maximum Gasteiger partial charge on any atom is 0.395 e. The van der Waals surface area contributed by atoms with E-state index in [9.17, 15) is 54.3 Å². The number of hydrogen-bond acceptors (Lipinski definition) is 9. The van der Waals surface area contributed by atoms with Gasteiger partial charge < -0.3 is 37.4 Å². The number of aromatic nitrogens is 2. The average molecular weight is 1050 g/mol. The molecule has 0 spiro atoms. The molecule has 0 radical (unpaired) electrons. The van der Waals surface area contributed by atoms with Crippen LogP contribution in [0.4, 0.5) is 35.1 Å². The minimum Gasteiger partial charge on any atom is -0.481 e. The Morgan fingerprint density at radius 1 is 0.662 bits per heavy atom. The molecule has 2 aromatic heterocycles. The van der Waals surface area contributed by atoms with Crippen molar-refractivity contribution in [2.75, 3.05) is 41.3 Å². The summed E-state index contributed by atoms with van der Waals surface area (Å²) in [7, 11) is 7.28. The summed E-state index contributed by atoms with van der Waals surface area (Å²) in [5.41, 5.74) is 13.3. The molecule has 0 bridgehead atoms. The summed E-state index contributed by atoms with van der Waals surface area (Å²) in [6.07, 6.45) is -3.34. The van der Waals surface area contributed by atoms with E-state index in [0.29, 0.717) is 35.2 Å². The first-order chi connectivity index (χ1) is 33.1. The Hall–Kier alpha value is -5.48. The highest BCUT2D eigenvalue weighted by Crippen LogP contribution is 2.67. The molecule has 6 rings (SSSR count). The van der Waals surface area contributed by atoms with E-state index in [1.54, 1.807) is 25.1 Å². The highest BCUT2D eigenvalue weighted by molar-refractivity contribution is 6.32. The smallest absolute Gasteiger partial charge is 0.395 e. The zero-order valence-electron chi connectivity index (χ0n) is 39.2. The third kappa shape index (κ3) is 14.6. The molecule has 2 unspecified atom stereocenters. The lowest BCUT2D eigenvalue weighted by Crippen LogP contribution is -2.43. The number of halogens is 10. The molecule has 2 saturated carbocycles. The van der Waals surface area contributed by atoms with Gasteiger partial charge in [-0.25, -0.2) is 8.78 Å². The third-order valence-corrected chi connectivity index (χ3v) is 13.9. The second-order valence-electron chi connectivity index (χ2n) is 18.0. The number of carboxylic acid groups (broad SMARTS) is 1. The predicted octanol–water partition coefficient (Wildman–Crippen LogP) is 8.07. The molecule has 8 N–H and O–H groups in total. The van der Waals surface area contributed by atoms with Crippen molar-refractivity contribution in [2.45, 2.75) is 87.6 Å². The molecule has 2 aromatic carbocycles. The van der Waals surface area contributed by atoms with Crippen molar-refractivity contribution in [1.82, 2.24) is 25.1 Å².